The summed E-state index contributed by atoms with van der Waals surface area (Å²) in [4.78, 5) is 16.2. The van der Waals surface area contributed by atoms with Gasteiger partial charge in [0.05, 0.1) is 16.8 Å². The summed E-state index contributed by atoms with van der Waals surface area (Å²) in [5, 5.41) is 4.64. The van der Waals surface area contributed by atoms with E-state index < -0.39 is 0 Å². The molecule has 5 heteroatoms. The fraction of sp³-hybridized carbons (Fsp3) is 0.167. The first kappa shape index (κ1) is 12.3. The highest BCUT2D eigenvalue weighted by atomic mass is 79.9. The molecule has 0 fully saturated rings. The second-order valence-electron chi connectivity index (χ2n) is 3.41. The van der Waals surface area contributed by atoms with Crippen molar-refractivity contribution in [3.8, 4) is 0 Å². The van der Waals surface area contributed by atoms with E-state index in [-0.39, 0.29) is 5.91 Å². The minimum Gasteiger partial charge on any atom is -0.312 e. The predicted octanol–water partition coefficient (Wildman–Crippen LogP) is 3.72. The number of nitrogens with zero attached hydrogens (tertiary/aromatic N) is 1. The van der Waals surface area contributed by atoms with Crippen LogP contribution < -0.4 is 5.32 Å². The Balaban J connectivity index is 2.14. The average molecular weight is 311 g/mol. The van der Waals surface area contributed by atoms with E-state index in [1.807, 2.05) is 25.1 Å². The van der Waals surface area contributed by atoms with Gasteiger partial charge in [0, 0.05) is 4.47 Å². The van der Waals surface area contributed by atoms with Crippen molar-refractivity contribution in [3.63, 3.8) is 0 Å². The number of amides is 1. The summed E-state index contributed by atoms with van der Waals surface area (Å²) in [6.45, 7) is 2.04. The molecule has 1 N–H and O–H groups in total. The first-order valence-electron chi connectivity index (χ1n) is 5.21. The van der Waals surface area contributed by atoms with Gasteiger partial charge >= 0.3 is 0 Å². The number of benzene rings is 1. The van der Waals surface area contributed by atoms with E-state index >= 15 is 0 Å². The van der Waals surface area contributed by atoms with Crippen molar-refractivity contribution in [2.75, 3.05) is 5.32 Å². The third kappa shape index (κ3) is 2.92. The van der Waals surface area contributed by atoms with Gasteiger partial charge in [0.15, 0.2) is 0 Å². The molecule has 1 heterocycles. The van der Waals surface area contributed by atoms with Crippen LogP contribution in [-0.4, -0.2) is 10.9 Å². The third-order valence-corrected chi connectivity index (χ3v) is 3.96. The Kier molecular flexibility index (Phi) is 3.91. The minimum absolute atomic E-state index is 0.122. The maximum atomic E-state index is 12.0. The van der Waals surface area contributed by atoms with Crippen LogP contribution in [0.15, 0.2) is 34.9 Å². The van der Waals surface area contributed by atoms with Gasteiger partial charge in [-0.25, -0.2) is 4.98 Å². The molecule has 0 saturated heterocycles. The number of aromatic nitrogens is 1. The van der Waals surface area contributed by atoms with Crippen LogP contribution in [0.4, 0.5) is 5.00 Å². The second kappa shape index (κ2) is 5.42. The van der Waals surface area contributed by atoms with Crippen LogP contribution in [0.5, 0.6) is 0 Å². The molecule has 0 unspecified atom stereocenters. The number of nitrogens with one attached hydrogen (secondary N) is 1. The number of rotatable bonds is 3. The maximum Gasteiger partial charge on any atom is 0.257 e. The van der Waals surface area contributed by atoms with E-state index in [1.54, 1.807) is 12.3 Å². The molecular formula is C12H11BrN2OS. The highest BCUT2D eigenvalue weighted by Crippen LogP contribution is 2.22. The molecule has 0 radical (unpaired) electrons. The quantitative estimate of drug-likeness (QED) is 0.938. The zero-order chi connectivity index (χ0) is 12.3. The summed E-state index contributed by atoms with van der Waals surface area (Å²) >= 11 is 4.86. The molecule has 2 rings (SSSR count). The van der Waals surface area contributed by atoms with Crippen molar-refractivity contribution in [2.45, 2.75) is 13.3 Å². The molecular weight excluding hydrogens is 300 g/mol. The highest BCUT2D eigenvalue weighted by molar-refractivity contribution is 9.10. The Hall–Kier alpha value is -1.20. The van der Waals surface area contributed by atoms with E-state index in [0.717, 1.165) is 20.9 Å². The van der Waals surface area contributed by atoms with Crippen molar-refractivity contribution in [1.29, 1.82) is 0 Å². The number of hydrogen-bond acceptors (Lipinski definition) is 3. The van der Waals surface area contributed by atoms with E-state index in [0.29, 0.717) is 5.56 Å². The van der Waals surface area contributed by atoms with Crippen molar-refractivity contribution >= 4 is 38.2 Å². The van der Waals surface area contributed by atoms with Crippen molar-refractivity contribution in [1.82, 2.24) is 4.98 Å². The average Bonchev–Trinajstić information content (AvgIpc) is 2.77. The Labute approximate surface area is 112 Å². The normalized spacial score (nSPS) is 10.2. The van der Waals surface area contributed by atoms with Crippen LogP contribution in [0, 0.1) is 0 Å². The summed E-state index contributed by atoms with van der Waals surface area (Å²) in [7, 11) is 0. The first-order chi connectivity index (χ1) is 8.20. The topological polar surface area (TPSA) is 42.0 Å². The predicted molar refractivity (Wildman–Crippen MR) is 73.6 cm³/mol. The molecule has 0 bridgehead atoms. The molecule has 0 aliphatic heterocycles. The summed E-state index contributed by atoms with van der Waals surface area (Å²) in [5.74, 6) is -0.122. The fourth-order valence-corrected chi connectivity index (χ4v) is 2.57. The number of aryl methyl sites for hydroxylation is 1. The van der Waals surface area contributed by atoms with Crippen LogP contribution in [0.1, 0.15) is 22.3 Å². The Morgan fingerprint density at radius 3 is 2.88 bits per heavy atom. The van der Waals surface area contributed by atoms with Crippen LogP contribution in [0.3, 0.4) is 0 Å². The van der Waals surface area contributed by atoms with E-state index in [4.69, 9.17) is 0 Å². The summed E-state index contributed by atoms with van der Waals surface area (Å²) in [6, 6.07) is 7.34. The molecule has 3 nitrogen and oxygen atoms in total. The zero-order valence-electron chi connectivity index (χ0n) is 9.24. The van der Waals surface area contributed by atoms with Gasteiger partial charge in [0.2, 0.25) is 0 Å². The Morgan fingerprint density at radius 1 is 1.47 bits per heavy atom. The molecule has 1 aromatic carbocycles. The van der Waals surface area contributed by atoms with Crippen LogP contribution in [-0.2, 0) is 6.42 Å². The Bertz CT molecular complexity index is 539. The van der Waals surface area contributed by atoms with E-state index in [2.05, 4.69) is 26.2 Å². The number of halogens is 1. The monoisotopic (exact) mass is 310 g/mol. The molecule has 0 spiro atoms. The summed E-state index contributed by atoms with van der Waals surface area (Å²) in [6.07, 6.45) is 2.58. The first-order valence-corrected chi connectivity index (χ1v) is 6.82. The maximum absolute atomic E-state index is 12.0. The zero-order valence-corrected chi connectivity index (χ0v) is 11.6. The van der Waals surface area contributed by atoms with Crippen molar-refractivity contribution in [3.05, 3.63) is 45.5 Å². The number of hydrogen-bond donors (Lipinski definition) is 1. The lowest BCUT2D eigenvalue weighted by Gasteiger charge is -2.03. The van der Waals surface area contributed by atoms with E-state index in [1.165, 1.54) is 11.3 Å². The molecule has 0 aliphatic rings. The smallest absolute Gasteiger partial charge is 0.257 e. The summed E-state index contributed by atoms with van der Waals surface area (Å²) < 4.78 is 0.790. The largest absolute Gasteiger partial charge is 0.312 e. The standard InChI is InChI=1S/C12H11BrN2OS/c1-2-10-14-7-11(17-10)15-12(16)8-5-3-4-6-9(8)13/h3-7H,2H2,1H3,(H,15,16). The number of thiazole rings is 1. The van der Waals surface area contributed by atoms with Gasteiger partial charge in [0.25, 0.3) is 5.91 Å². The molecule has 0 saturated carbocycles. The van der Waals surface area contributed by atoms with Gasteiger partial charge in [-0.1, -0.05) is 19.1 Å². The highest BCUT2D eigenvalue weighted by Gasteiger charge is 2.10. The molecule has 1 aromatic heterocycles. The lowest BCUT2D eigenvalue weighted by molar-refractivity contribution is 0.102. The van der Waals surface area contributed by atoms with Crippen molar-refractivity contribution in [2.24, 2.45) is 0 Å². The van der Waals surface area contributed by atoms with E-state index in [9.17, 15) is 4.79 Å². The fourth-order valence-electron chi connectivity index (χ4n) is 1.36. The molecule has 88 valence electrons. The van der Waals surface area contributed by atoms with Crippen LogP contribution in [0.2, 0.25) is 0 Å². The van der Waals surface area contributed by atoms with Gasteiger partial charge < -0.3 is 5.32 Å². The number of carbonyl (C=O) groups excluding carboxylic acids is 1. The Morgan fingerprint density at radius 2 is 2.24 bits per heavy atom. The van der Waals surface area contributed by atoms with Gasteiger partial charge in [-0.3, -0.25) is 4.79 Å². The molecule has 2 aromatic rings. The van der Waals surface area contributed by atoms with Crippen LogP contribution >= 0.6 is 27.3 Å². The van der Waals surface area contributed by atoms with Crippen LogP contribution in [0.25, 0.3) is 0 Å². The molecule has 0 aliphatic carbocycles. The van der Waals surface area contributed by atoms with Gasteiger partial charge in [-0.15, -0.1) is 11.3 Å². The SMILES string of the molecule is CCc1ncc(NC(=O)c2ccccc2Br)s1. The lowest BCUT2D eigenvalue weighted by Crippen LogP contribution is -2.11. The number of carbonyl (C=O) groups is 1. The summed E-state index contributed by atoms with van der Waals surface area (Å²) in [5.41, 5.74) is 0.624. The van der Waals surface area contributed by atoms with Gasteiger partial charge in [-0.05, 0) is 34.5 Å². The molecule has 0 atom stereocenters. The third-order valence-electron chi connectivity index (χ3n) is 2.21. The lowest BCUT2D eigenvalue weighted by atomic mass is 10.2. The minimum atomic E-state index is -0.122. The number of anilines is 1. The molecule has 1 amide bonds. The van der Waals surface area contributed by atoms with Crippen molar-refractivity contribution < 1.29 is 4.79 Å². The van der Waals surface area contributed by atoms with Gasteiger partial charge in [-0.2, -0.15) is 0 Å². The molecule has 17 heavy (non-hydrogen) atoms. The second-order valence-corrected chi connectivity index (χ2v) is 5.38. The van der Waals surface area contributed by atoms with Gasteiger partial charge in [0.1, 0.15) is 5.00 Å².